The summed E-state index contributed by atoms with van der Waals surface area (Å²) in [4.78, 5) is 12.0. The standard InChI is InChI=1S/C19H21N7OS2/c1-12-4-6-15(7-5-12)20-19(28)24-22-17(27)11-29-18-9-8-16(21-23-18)26-14(3)10-13(2)25-26/h4-10H,11H2,1-3H3,(H,22,27)(H2,20,24,28). The number of thiocarbonyl (C=S) groups is 1. The van der Waals surface area contributed by atoms with Crippen molar-refractivity contribution >= 4 is 40.7 Å². The second-order valence-electron chi connectivity index (χ2n) is 6.35. The molecule has 0 radical (unpaired) electrons. The third-order valence-electron chi connectivity index (χ3n) is 3.83. The number of carbonyl (C=O) groups excluding carboxylic acids is 1. The second-order valence-corrected chi connectivity index (χ2v) is 7.75. The van der Waals surface area contributed by atoms with Gasteiger partial charge in [0.2, 0.25) is 5.91 Å². The van der Waals surface area contributed by atoms with Gasteiger partial charge in [-0.15, -0.1) is 10.2 Å². The Kier molecular flexibility index (Phi) is 6.78. The van der Waals surface area contributed by atoms with E-state index in [-0.39, 0.29) is 11.7 Å². The number of hydrogen-bond donors (Lipinski definition) is 3. The number of rotatable bonds is 5. The smallest absolute Gasteiger partial charge is 0.248 e. The van der Waals surface area contributed by atoms with Crippen LogP contribution in [-0.2, 0) is 4.79 Å². The Balaban J connectivity index is 1.43. The molecule has 0 fully saturated rings. The maximum absolute atomic E-state index is 12.0. The fourth-order valence-corrected chi connectivity index (χ4v) is 3.25. The van der Waals surface area contributed by atoms with Gasteiger partial charge in [0.05, 0.1) is 11.4 Å². The molecule has 0 saturated carbocycles. The maximum Gasteiger partial charge on any atom is 0.248 e. The molecule has 2 heterocycles. The van der Waals surface area contributed by atoms with Crippen molar-refractivity contribution in [3.63, 3.8) is 0 Å². The molecule has 0 atom stereocenters. The van der Waals surface area contributed by atoms with Crippen LogP contribution in [0.1, 0.15) is 17.0 Å². The lowest BCUT2D eigenvalue weighted by molar-refractivity contribution is -0.119. The topological polar surface area (TPSA) is 96.8 Å². The summed E-state index contributed by atoms with van der Waals surface area (Å²) in [5, 5.41) is 16.7. The minimum atomic E-state index is -0.229. The number of benzene rings is 1. The predicted octanol–water partition coefficient (Wildman–Crippen LogP) is 2.70. The first-order chi connectivity index (χ1) is 13.9. The van der Waals surface area contributed by atoms with E-state index in [1.54, 1.807) is 4.68 Å². The number of thioether (sulfide) groups is 1. The zero-order chi connectivity index (χ0) is 20.8. The maximum atomic E-state index is 12.0. The van der Waals surface area contributed by atoms with Gasteiger partial charge in [-0.05, 0) is 63.3 Å². The van der Waals surface area contributed by atoms with Crippen LogP contribution in [0.25, 0.3) is 5.82 Å². The van der Waals surface area contributed by atoms with Crippen molar-refractivity contribution in [2.45, 2.75) is 25.8 Å². The zero-order valence-corrected chi connectivity index (χ0v) is 17.9. The Hall–Kier alpha value is -2.98. The summed E-state index contributed by atoms with van der Waals surface area (Å²) in [7, 11) is 0. The third-order valence-corrected chi connectivity index (χ3v) is 4.95. The fourth-order valence-electron chi connectivity index (χ4n) is 2.47. The summed E-state index contributed by atoms with van der Waals surface area (Å²) >= 11 is 6.44. The largest absolute Gasteiger partial charge is 0.331 e. The SMILES string of the molecule is Cc1ccc(NC(=S)NNC(=O)CSc2ccc(-n3nc(C)cc3C)nn2)cc1. The van der Waals surface area contributed by atoms with Crippen molar-refractivity contribution in [1.29, 1.82) is 0 Å². The lowest BCUT2D eigenvalue weighted by Gasteiger charge is -2.11. The lowest BCUT2D eigenvalue weighted by Crippen LogP contribution is -2.44. The van der Waals surface area contributed by atoms with Crippen LogP contribution in [0.4, 0.5) is 5.69 Å². The molecular formula is C19H21N7OS2. The average Bonchev–Trinajstić information content (AvgIpc) is 3.05. The molecule has 8 nitrogen and oxygen atoms in total. The summed E-state index contributed by atoms with van der Waals surface area (Å²) in [5.41, 5.74) is 9.14. The highest BCUT2D eigenvalue weighted by Gasteiger charge is 2.08. The van der Waals surface area contributed by atoms with Gasteiger partial charge in [-0.25, -0.2) is 4.68 Å². The summed E-state index contributed by atoms with van der Waals surface area (Å²) in [6.07, 6.45) is 0. The Labute approximate surface area is 178 Å². The van der Waals surface area contributed by atoms with E-state index < -0.39 is 0 Å². The van der Waals surface area contributed by atoms with E-state index >= 15 is 0 Å². The van der Waals surface area contributed by atoms with Crippen molar-refractivity contribution in [3.05, 3.63) is 59.4 Å². The molecule has 150 valence electrons. The molecule has 29 heavy (non-hydrogen) atoms. The summed E-state index contributed by atoms with van der Waals surface area (Å²) in [6, 6.07) is 13.4. The molecule has 3 rings (SSSR count). The Morgan fingerprint density at radius 1 is 1.07 bits per heavy atom. The minimum Gasteiger partial charge on any atom is -0.331 e. The summed E-state index contributed by atoms with van der Waals surface area (Å²) < 4.78 is 1.73. The van der Waals surface area contributed by atoms with E-state index in [1.165, 1.54) is 11.8 Å². The van der Waals surface area contributed by atoms with E-state index in [1.807, 2.05) is 63.2 Å². The average molecular weight is 428 g/mol. The number of anilines is 1. The molecule has 1 amide bonds. The number of nitrogens with zero attached hydrogens (tertiary/aromatic N) is 4. The van der Waals surface area contributed by atoms with Crippen LogP contribution in [0.3, 0.4) is 0 Å². The number of aromatic nitrogens is 4. The molecule has 3 aromatic rings. The van der Waals surface area contributed by atoms with Crippen molar-refractivity contribution in [3.8, 4) is 5.82 Å². The van der Waals surface area contributed by atoms with E-state index in [2.05, 4.69) is 31.5 Å². The molecule has 1 aromatic carbocycles. The molecule has 3 N–H and O–H groups in total. The van der Waals surface area contributed by atoms with E-state index in [4.69, 9.17) is 12.2 Å². The molecule has 2 aromatic heterocycles. The summed E-state index contributed by atoms with van der Waals surface area (Å²) in [5.74, 6) is 0.583. The normalized spacial score (nSPS) is 10.4. The Morgan fingerprint density at radius 3 is 2.45 bits per heavy atom. The van der Waals surface area contributed by atoms with Gasteiger partial charge < -0.3 is 5.32 Å². The van der Waals surface area contributed by atoms with Crippen molar-refractivity contribution in [2.24, 2.45) is 0 Å². The van der Waals surface area contributed by atoms with Gasteiger partial charge in [-0.2, -0.15) is 5.10 Å². The first-order valence-electron chi connectivity index (χ1n) is 8.83. The van der Waals surface area contributed by atoms with Crippen molar-refractivity contribution in [2.75, 3.05) is 11.1 Å². The number of amides is 1. The quantitative estimate of drug-likeness (QED) is 0.325. The highest BCUT2D eigenvalue weighted by Crippen LogP contribution is 2.16. The van der Waals surface area contributed by atoms with Crippen LogP contribution >= 0.6 is 24.0 Å². The van der Waals surface area contributed by atoms with E-state index in [0.717, 1.165) is 22.6 Å². The van der Waals surface area contributed by atoms with Crippen LogP contribution in [0.15, 0.2) is 47.5 Å². The fraction of sp³-hybridized carbons (Fsp3) is 0.211. The minimum absolute atomic E-state index is 0.175. The van der Waals surface area contributed by atoms with Gasteiger partial charge in [0.15, 0.2) is 10.9 Å². The Morgan fingerprint density at radius 2 is 1.83 bits per heavy atom. The second kappa shape index (κ2) is 9.48. The van der Waals surface area contributed by atoms with Crippen LogP contribution in [0, 0.1) is 20.8 Å². The molecule has 0 aliphatic rings. The molecule has 0 aliphatic carbocycles. The van der Waals surface area contributed by atoms with Gasteiger partial charge in [0, 0.05) is 11.4 Å². The highest BCUT2D eigenvalue weighted by molar-refractivity contribution is 7.99. The molecule has 0 aliphatic heterocycles. The molecule has 0 spiro atoms. The number of hydrazine groups is 1. The van der Waals surface area contributed by atoms with Crippen molar-refractivity contribution < 1.29 is 4.79 Å². The third kappa shape index (κ3) is 6.00. The van der Waals surface area contributed by atoms with Gasteiger partial charge >= 0.3 is 0 Å². The lowest BCUT2D eigenvalue weighted by atomic mass is 10.2. The first kappa shape index (κ1) is 20.7. The molecule has 0 bridgehead atoms. The molecule has 0 saturated heterocycles. The molecule has 10 heteroatoms. The number of nitrogens with one attached hydrogen (secondary N) is 3. The monoisotopic (exact) mass is 427 g/mol. The Bertz CT molecular complexity index is 1000. The number of hydrogen-bond acceptors (Lipinski definition) is 6. The number of carbonyl (C=O) groups is 1. The summed E-state index contributed by atoms with van der Waals surface area (Å²) in [6.45, 7) is 5.89. The van der Waals surface area contributed by atoms with Crippen LogP contribution in [0.2, 0.25) is 0 Å². The zero-order valence-electron chi connectivity index (χ0n) is 16.3. The van der Waals surface area contributed by atoms with E-state index in [9.17, 15) is 4.79 Å². The van der Waals surface area contributed by atoms with Gasteiger partial charge in [-0.1, -0.05) is 29.5 Å². The van der Waals surface area contributed by atoms with Gasteiger partial charge in [0.25, 0.3) is 0 Å². The van der Waals surface area contributed by atoms with E-state index in [0.29, 0.717) is 16.0 Å². The van der Waals surface area contributed by atoms with Gasteiger partial charge in [-0.3, -0.25) is 15.6 Å². The van der Waals surface area contributed by atoms with Crippen LogP contribution < -0.4 is 16.2 Å². The van der Waals surface area contributed by atoms with Crippen LogP contribution in [0.5, 0.6) is 0 Å². The van der Waals surface area contributed by atoms with Crippen LogP contribution in [-0.4, -0.2) is 36.8 Å². The molecule has 0 unspecified atom stereocenters. The first-order valence-corrected chi connectivity index (χ1v) is 10.2. The number of aryl methyl sites for hydroxylation is 3. The van der Waals surface area contributed by atoms with Crippen molar-refractivity contribution in [1.82, 2.24) is 30.8 Å². The van der Waals surface area contributed by atoms with Gasteiger partial charge in [0.1, 0.15) is 5.03 Å². The highest BCUT2D eigenvalue weighted by atomic mass is 32.2. The molecular weight excluding hydrogens is 406 g/mol. The predicted molar refractivity (Wildman–Crippen MR) is 118 cm³/mol.